The molecule has 0 saturated carbocycles. The summed E-state index contributed by atoms with van der Waals surface area (Å²) in [7, 11) is 0. The SMILES string of the molecule is Cc1ccccc1CC(=O)NNC(=O)c1ccccc1I. The number of benzene rings is 2. The highest BCUT2D eigenvalue weighted by molar-refractivity contribution is 14.1. The van der Waals surface area contributed by atoms with E-state index in [0.29, 0.717) is 5.56 Å². The average Bonchev–Trinajstić information content (AvgIpc) is 2.48. The number of hydrazine groups is 1. The van der Waals surface area contributed by atoms with Crippen LogP contribution in [0.5, 0.6) is 0 Å². The molecule has 0 heterocycles. The molecule has 0 aliphatic heterocycles. The second-order valence-corrected chi connectivity index (χ2v) is 5.75. The fourth-order valence-electron chi connectivity index (χ4n) is 1.86. The van der Waals surface area contributed by atoms with Crippen molar-refractivity contribution < 1.29 is 9.59 Å². The quantitative estimate of drug-likeness (QED) is 0.621. The van der Waals surface area contributed by atoms with Gasteiger partial charge in [0.2, 0.25) is 5.91 Å². The summed E-state index contributed by atoms with van der Waals surface area (Å²) in [5.41, 5.74) is 7.41. The molecule has 0 aliphatic carbocycles. The Morgan fingerprint density at radius 1 is 1.00 bits per heavy atom. The molecule has 0 atom stereocenters. The number of carbonyl (C=O) groups is 2. The minimum absolute atomic E-state index is 0.235. The van der Waals surface area contributed by atoms with E-state index in [1.807, 2.05) is 43.3 Å². The highest BCUT2D eigenvalue weighted by atomic mass is 127. The first-order valence-electron chi connectivity index (χ1n) is 6.46. The third kappa shape index (κ3) is 4.29. The molecule has 4 nitrogen and oxygen atoms in total. The van der Waals surface area contributed by atoms with Crippen LogP contribution in [0.1, 0.15) is 21.5 Å². The van der Waals surface area contributed by atoms with Crippen LogP contribution in [-0.4, -0.2) is 11.8 Å². The number of nitrogens with one attached hydrogen (secondary N) is 2. The zero-order valence-corrected chi connectivity index (χ0v) is 13.7. The molecule has 0 radical (unpaired) electrons. The molecule has 0 fully saturated rings. The van der Waals surface area contributed by atoms with Crippen LogP contribution in [0, 0.1) is 10.5 Å². The molecule has 2 aromatic carbocycles. The number of halogens is 1. The predicted octanol–water partition coefficient (Wildman–Crippen LogP) is 2.60. The summed E-state index contributed by atoms with van der Waals surface area (Å²) in [6, 6.07) is 14.9. The van der Waals surface area contributed by atoms with Crippen LogP contribution in [0.25, 0.3) is 0 Å². The number of hydrogen-bond acceptors (Lipinski definition) is 2. The molecule has 2 N–H and O–H groups in total. The molecule has 21 heavy (non-hydrogen) atoms. The maximum atomic E-state index is 12.0. The Labute approximate surface area is 137 Å². The lowest BCUT2D eigenvalue weighted by Crippen LogP contribution is -2.42. The highest BCUT2D eigenvalue weighted by Gasteiger charge is 2.10. The molecule has 2 rings (SSSR count). The number of amides is 2. The lowest BCUT2D eigenvalue weighted by molar-refractivity contribution is -0.121. The van der Waals surface area contributed by atoms with Crippen LogP contribution < -0.4 is 10.9 Å². The van der Waals surface area contributed by atoms with Gasteiger partial charge in [-0.05, 0) is 52.8 Å². The standard InChI is InChI=1S/C16H15IN2O2/c1-11-6-2-3-7-12(11)10-15(20)18-19-16(21)13-8-4-5-9-14(13)17/h2-9H,10H2,1H3,(H,18,20)(H,19,21). The number of hydrogen-bond donors (Lipinski definition) is 2. The van der Waals surface area contributed by atoms with E-state index in [9.17, 15) is 9.59 Å². The van der Waals surface area contributed by atoms with Crippen molar-refractivity contribution in [2.75, 3.05) is 0 Å². The fraction of sp³-hybridized carbons (Fsp3) is 0.125. The van der Waals surface area contributed by atoms with E-state index >= 15 is 0 Å². The van der Waals surface area contributed by atoms with E-state index in [1.54, 1.807) is 12.1 Å². The first-order valence-corrected chi connectivity index (χ1v) is 7.54. The monoisotopic (exact) mass is 394 g/mol. The molecule has 0 bridgehead atoms. The van der Waals surface area contributed by atoms with Gasteiger partial charge in [-0.3, -0.25) is 20.4 Å². The molecule has 0 aromatic heterocycles. The maximum absolute atomic E-state index is 12.0. The van der Waals surface area contributed by atoms with Gasteiger partial charge in [0.15, 0.2) is 0 Å². The van der Waals surface area contributed by atoms with Gasteiger partial charge in [0.05, 0.1) is 12.0 Å². The second kappa shape index (κ2) is 7.21. The van der Waals surface area contributed by atoms with Crippen molar-refractivity contribution >= 4 is 34.4 Å². The number of aryl methyl sites for hydroxylation is 1. The molecule has 5 heteroatoms. The minimum atomic E-state index is -0.321. The van der Waals surface area contributed by atoms with Gasteiger partial charge >= 0.3 is 0 Å². The first kappa shape index (κ1) is 15.5. The topological polar surface area (TPSA) is 58.2 Å². The van der Waals surface area contributed by atoms with Gasteiger partial charge in [-0.1, -0.05) is 36.4 Å². The Bertz CT molecular complexity index is 671. The lowest BCUT2D eigenvalue weighted by Gasteiger charge is -2.09. The van der Waals surface area contributed by atoms with Crippen molar-refractivity contribution in [1.82, 2.24) is 10.9 Å². The van der Waals surface area contributed by atoms with Gasteiger partial charge in [-0.15, -0.1) is 0 Å². The van der Waals surface area contributed by atoms with E-state index in [1.165, 1.54) is 0 Å². The van der Waals surface area contributed by atoms with Crippen molar-refractivity contribution in [2.24, 2.45) is 0 Å². The normalized spacial score (nSPS) is 10.0. The van der Waals surface area contributed by atoms with Gasteiger partial charge < -0.3 is 0 Å². The maximum Gasteiger partial charge on any atom is 0.270 e. The Balaban J connectivity index is 1.91. The first-order chi connectivity index (χ1) is 10.1. The Morgan fingerprint density at radius 3 is 2.38 bits per heavy atom. The van der Waals surface area contributed by atoms with Gasteiger partial charge in [0, 0.05) is 3.57 Å². The van der Waals surface area contributed by atoms with Gasteiger partial charge in [-0.2, -0.15) is 0 Å². The van der Waals surface area contributed by atoms with Crippen molar-refractivity contribution in [1.29, 1.82) is 0 Å². The summed E-state index contributed by atoms with van der Waals surface area (Å²) in [6.45, 7) is 1.95. The number of carbonyl (C=O) groups excluding carboxylic acids is 2. The molecule has 0 saturated heterocycles. The third-order valence-corrected chi connectivity index (χ3v) is 3.99. The van der Waals surface area contributed by atoms with Crippen LogP contribution in [0.3, 0.4) is 0 Å². The summed E-state index contributed by atoms with van der Waals surface area (Å²) in [6.07, 6.45) is 0.235. The van der Waals surface area contributed by atoms with Crippen LogP contribution in [0.4, 0.5) is 0 Å². The van der Waals surface area contributed by atoms with E-state index in [2.05, 4.69) is 33.4 Å². The molecule has 2 amide bonds. The smallest absolute Gasteiger partial charge is 0.270 e. The van der Waals surface area contributed by atoms with Crippen molar-refractivity contribution in [2.45, 2.75) is 13.3 Å². The number of rotatable bonds is 3. The summed E-state index contributed by atoms with van der Waals surface area (Å²) in [5, 5.41) is 0. The third-order valence-electron chi connectivity index (χ3n) is 3.05. The average molecular weight is 394 g/mol. The summed E-state index contributed by atoms with van der Waals surface area (Å²) in [5.74, 6) is -0.568. The summed E-state index contributed by atoms with van der Waals surface area (Å²) in [4.78, 5) is 23.8. The molecule has 0 aliphatic rings. The molecule has 2 aromatic rings. The van der Waals surface area contributed by atoms with Crippen molar-refractivity contribution in [3.8, 4) is 0 Å². The van der Waals surface area contributed by atoms with E-state index < -0.39 is 0 Å². The van der Waals surface area contributed by atoms with Crippen LogP contribution >= 0.6 is 22.6 Å². The molecular weight excluding hydrogens is 379 g/mol. The van der Waals surface area contributed by atoms with Crippen molar-refractivity contribution in [3.05, 3.63) is 68.8 Å². The summed E-state index contributed by atoms with van der Waals surface area (Å²) < 4.78 is 0.834. The van der Waals surface area contributed by atoms with E-state index in [4.69, 9.17) is 0 Å². The van der Waals surface area contributed by atoms with Crippen molar-refractivity contribution in [3.63, 3.8) is 0 Å². The van der Waals surface area contributed by atoms with E-state index in [0.717, 1.165) is 14.7 Å². The zero-order chi connectivity index (χ0) is 15.2. The zero-order valence-electron chi connectivity index (χ0n) is 11.5. The highest BCUT2D eigenvalue weighted by Crippen LogP contribution is 2.11. The van der Waals surface area contributed by atoms with Gasteiger partial charge in [-0.25, -0.2) is 0 Å². The fourth-order valence-corrected chi connectivity index (χ4v) is 2.50. The largest absolute Gasteiger partial charge is 0.273 e. The Hall–Kier alpha value is -1.89. The molecule has 0 unspecified atom stereocenters. The minimum Gasteiger partial charge on any atom is -0.273 e. The van der Waals surface area contributed by atoms with Gasteiger partial charge in [0.1, 0.15) is 0 Å². The van der Waals surface area contributed by atoms with E-state index in [-0.39, 0.29) is 18.2 Å². The molecule has 0 spiro atoms. The van der Waals surface area contributed by atoms with Crippen LogP contribution in [0.15, 0.2) is 48.5 Å². The summed E-state index contributed by atoms with van der Waals surface area (Å²) >= 11 is 2.08. The molecular formula is C16H15IN2O2. The Morgan fingerprint density at radius 2 is 1.67 bits per heavy atom. The molecule has 108 valence electrons. The van der Waals surface area contributed by atoms with Crippen LogP contribution in [-0.2, 0) is 11.2 Å². The predicted molar refractivity (Wildman–Crippen MR) is 89.7 cm³/mol. The second-order valence-electron chi connectivity index (χ2n) is 4.59. The van der Waals surface area contributed by atoms with Gasteiger partial charge in [0.25, 0.3) is 5.91 Å². The Kier molecular flexibility index (Phi) is 5.32. The lowest BCUT2D eigenvalue weighted by atomic mass is 10.1. The van der Waals surface area contributed by atoms with Crippen LogP contribution in [0.2, 0.25) is 0 Å².